The van der Waals surface area contributed by atoms with Crippen molar-refractivity contribution in [3.63, 3.8) is 0 Å². The van der Waals surface area contributed by atoms with Crippen LogP contribution in [0, 0.1) is 0 Å². The van der Waals surface area contributed by atoms with Gasteiger partial charge in [-0.1, -0.05) is 0 Å². The molecule has 1 aromatic heterocycles. The first kappa shape index (κ1) is 12.1. The normalized spacial score (nSPS) is 15.8. The van der Waals surface area contributed by atoms with Gasteiger partial charge in [0, 0.05) is 38.4 Å². The molecular formula is C12H20N4O. The highest BCUT2D eigenvalue weighted by Crippen LogP contribution is 2.08. The van der Waals surface area contributed by atoms with Crippen molar-refractivity contribution in [2.75, 3.05) is 26.7 Å². The number of nitrogens with zero attached hydrogens (tertiary/aromatic N) is 4. The van der Waals surface area contributed by atoms with Crippen molar-refractivity contribution in [3.8, 4) is 0 Å². The lowest BCUT2D eigenvalue weighted by Crippen LogP contribution is -2.36. The lowest BCUT2D eigenvalue weighted by atomic mass is 10.3. The van der Waals surface area contributed by atoms with Crippen molar-refractivity contribution in [3.05, 3.63) is 18.0 Å². The number of carbonyl (C=O) groups excluding carboxylic acids is 1. The maximum Gasteiger partial charge on any atom is 0.236 e. The van der Waals surface area contributed by atoms with E-state index in [4.69, 9.17) is 0 Å². The molecule has 0 aliphatic carbocycles. The van der Waals surface area contributed by atoms with Crippen LogP contribution in [-0.2, 0) is 18.4 Å². The fourth-order valence-electron chi connectivity index (χ4n) is 2.22. The summed E-state index contributed by atoms with van der Waals surface area (Å²) in [5, 5.41) is 4.12. The number of hydrogen-bond acceptors (Lipinski definition) is 3. The van der Waals surface area contributed by atoms with Crippen LogP contribution in [0.4, 0.5) is 0 Å². The maximum absolute atomic E-state index is 11.9. The van der Waals surface area contributed by atoms with Crippen molar-refractivity contribution in [2.24, 2.45) is 7.05 Å². The molecule has 17 heavy (non-hydrogen) atoms. The van der Waals surface area contributed by atoms with Crippen LogP contribution in [0.5, 0.6) is 0 Å². The first-order valence-corrected chi connectivity index (χ1v) is 6.09. The maximum atomic E-state index is 11.9. The van der Waals surface area contributed by atoms with Crippen LogP contribution in [0.1, 0.15) is 18.4 Å². The molecule has 1 aromatic rings. The second-order valence-electron chi connectivity index (χ2n) is 4.78. The molecule has 0 atom stereocenters. The lowest BCUT2D eigenvalue weighted by Gasteiger charge is -2.20. The molecule has 1 aliphatic rings. The zero-order valence-corrected chi connectivity index (χ0v) is 10.6. The predicted octanol–water partition coefficient (Wildman–Crippen LogP) is 0.474. The van der Waals surface area contributed by atoms with Gasteiger partial charge in [-0.3, -0.25) is 14.4 Å². The largest absolute Gasteiger partial charge is 0.342 e. The minimum atomic E-state index is 0.244. The molecule has 1 saturated heterocycles. The molecule has 2 heterocycles. The molecular weight excluding hydrogens is 216 g/mol. The molecule has 0 unspecified atom stereocenters. The van der Waals surface area contributed by atoms with Crippen LogP contribution in [-0.4, -0.2) is 52.2 Å². The minimum Gasteiger partial charge on any atom is -0.342 e. The van der Waals surface area contributed by atoms with Gasteiger partial charge in [-0.05, 0) is 19.9 Å². The van der Waals surface area contributed by atoms with Crippen molar-refractivity contribution < 1.29 is 4.79 Å². The van der Waals surface area contributed by atoms with Gasteiger partial charge in [0.25, 0.3) is 0 Å². The predicted molar refractivity (Wildman–Crippen MR) is 65.4 cm³/mol. The van der Waals surface area contributed by atoms with Crippen LogP contribution >= 0.6 is 0 Å². The standard InChI is InChI=1S/C12H20N4O/c1-14(8-11-7-13-15(2)9-11)10-12(17)16-5-3-4-6-16/h7,9H,3-6,8,10H2,1-2H3. The third kappa shape index (κ3) is 3.30. The van der Waals surface area contributed by atoms with E-state index in [2.05, 4.69) is 5.10 Å². The van der Waals surface area contributed by atoms with E-state index in [9.17, 15) is 4.79 Å². The smallest absolute Gasteiger partial charge is 0.236 e. The van der Waals surface area contributed by atoms with Crippen molar-refractivity contribution in [1.29, 1.82) is 0 Å². The molecule has 5 heteroatoms. The summed E-state index contributed by atoms with van der Waals surface area (Å²) < 4.78 is 1.78. The van der Waals surface area contributed by atoms with Gasteiger partial charge in [0.2, 0.25) is 5.91 Å². The van der Waals surface area contributed by atoms with E-state index < -0.39 is 0 Å². The van der Waals surface area contributed by atoms with Crippen LogP contribution < -0.4 is 0 Å². The molecule has 1 amide bonds. The molecule has 1 aliphatic heterocycles. The summed E-state index contributed by atoms with van der Waals surface area (Å²) in [5.74, 6) is 0.244. The van der Waals surface area contributed by atoms with Gasteiger partial charge in [0.1, 0.15) is 0 Å². The molecule has 0 saturated carbocycles. The quantitative estimate of drug-likeness (QED) is 0.763. The van der Waals surface area contributed by atoms with Gasteiger partial charge in [-0.25, -0.2) is 0 Å². The summed E-state index contributed by atoms with van der Waals surface area (Å²) in [6.45, 7) is 3.13. The van der Waals surface area contributed by atoms with E-state index in [-0.39, 0.29) is 5.91 Å². The van der Waals surface area contributed by atoms with E-state index in [0.29, 0.717) is 6.54 Å². The third-order valence-corrected chi connectivity index (χ3v) is 3.07. The second-order valence-corrected chi connectivity index (χ2v) is 4.78. The fraction of sp³-hybridized carbons (Fsp3) is 0.667. The highest BCUT2D eigenvalue weighted by molar-refractivity contribution is 5.78. The summed E-state index contributed by atoms with van der Waals surface area (Å²) in [5.41, 5.74) is 1.14. The first-order valence-electron chi connectivity index (χ1n) is 6.09. The topological polar surface area (TPSA) is 41.4 Å². The number of amides is 1. The Morgan fingerprint density at radius 1 is 1.47 bits per heavy atom. The zero-order valence-electron chi connectivity index (χ0n) is 10.6. The Morgan fingerprint density at radius 3 is 2.76 bits per heavy atom. The SMILES string of the molecule is CN(CC(=O)N1CCCC1)Cc1cnn(C)c1. The number of aromatic nitrogens is 2. The summed E-state index contributed by atoms with van der Waals surface area (Å²) in [6, 6.07) is 0. The molecule has 5 nitrogen and oxygen atoms in total. The summed E-state index contributed by atoms with van der Waals surface area (Å²) in [4.78, 5) is 15.9. The molecule has 1 fully saturated rings. The highest BCUT2D eigenvalue weighted by Gasteiger charge is 2.19. The molecule has 0 N–H and O–H groups in total. The summed E-state index contributed by atoms with van der Waals surface area (Å²) >= 11 is 0. The van der Waals surface area contributed by atoms with E-state index in [0.717, 1.165) is 38.0 Å². The van der Waals surface area contributed by atoms with Crippen LogP contribution in [0.3, 0.4) is 0 Å². The van der Waals surface area contributed by atoms with E-state index in [1.54, 1.807) is 4.68 Å². The van der Waals surface area contributed by atoms with E-state index in [1.165, 1.54) is 0 Å². The van der Waals surface area contributed by atoms with Crippen molar-refractivity contribution >= 4 is 5.91 Å². The summed E-state index contributed by atoms with van der Waals surface area (Å²) in [7, 11) is 3.87. The Morgan fingerprint density at radius 2 is 2.18 bits per heavy atom. The Balaban J connectivity index is 1.80. The lowest BCUT2D eigenvalue weighted by molar-refractivity contribution is -0.131. The molecule has 0 bridgehead atoms. The van der Waals surface area contributed by atoms with Gasteiger partial charge in [-0.2, -0.15) is 5.10 Å². The number of likely N-dealkylation sites (tertiary alicyclic amines) is 1. The van der Waals surface area contributed by atoms with Gasteiger partial charge in [-0.15, -0.1) is 0 Å². The molecule has 2 rings (SSSR count). The van der Waals surface area contributed by atoms with Crippen LogP contribution in [0.25, 0.3) is 0 Å². The third-order valence-electron chi connectivity index (χ3n) is 3.07. The van der Waals surface area contributed by atoms with Gasteiger partial charge < -0.3 is 4.90 Å². The fourth-order valence-corrected chi connectivity index (χ4v) is 2.22. The zero-order chi connectivity index (χ0) is 12.3. The first-order chi connectivity index (χ1) is 8.15. The second kappa shape index (κ2) is 5.31. The Hall–Kier alpha value is -1.36. The van der Waals surface area contributed by atoms with Crippen LogP contribution in [0.2, 0.25) is 0 Å². The van der Waals surface area contributed by atoms with E-state index >= 15 is 0 Å². The average molecular weight is 236 g/mol. The number of carbonyl (C=O) groups is 1. The van der Waals surface area contributed by atoms with Crippen LogP contribution in [0.15, 0.2) is 12.4 Å². The van der Waals surface area contributed by atoms with Gasteiger partial charge in [0.15, 0.2) is 0 Å². The Labute approximate surface area is 102 Å². The Kier molecular flexibility index (Phi) is 3.78. The highest BCUT2D eigenvalue weighted by atomic mass is 16.2. The molecule has 94 valence electrons. The van der Waals surface area contributed by atoms with Crippen molar-refractivity contribution in [1.82, 2.24) is 19.6 Å². The monoisotopic (exact) mass is 236 g/mol. The molecule has 0 radical (unpaired) electrons. The van der Waals surface area contributed by atoms with Crippen molar-refractivity contribution in [2.45, 2.75) is 19.4 Å². The minimum absolute atomic E-state index is 0.244. The number of aryl methyl sites for hydroxylation is 1. The number of hydrogen-bond donors (Lipinski definition) is 0. The molecule has 0 aromatic carbocycles. The number of likely N-dealkylation sites (N-methyl/N-ethyl adjacent to an activating group) is 1. The van der Waals surface area contributed by atoms with Gasteiger partial charge in [0.05, 0.1) is 12.7 Å². The number of rotatable bonds is 4. The van der Waals surface area contributed by atoms with Gasteiger partial charge >= 0.3 is 0 Å². The average Bonchev–Trinajstić information content (AvgIpc) is 2.89. The summed E-state index contributed by atoms with van der Waals surface area (Å²) in [6.07, 6.45) is 6.13. The van der Waals surface area contributed by atoms with E-state index in [1.807, 2.05) is 36.3 Å². The molecule has 0 spiro atoms. The Bertz CT molecular complexity index is 382.